The molecule has 1 heterocycles. The van der Waals surface area contributed by atoms with Gasteiger partial charge in [-0.05, 0) is 37.6 Å². The standard InChI is InChI=1S/C17H18F3N3O3/c1-3-5-14(24)22-11-6-8-12(9-7-11)23-15(17(18,19)20)13(10-21-23)16(25)26-4-2/h6-10H,3-5H2,1-2H3,(H,22,24). The molecule has 0 bridgehead atoms. The third-order valence-electron chi connectivity index (χ3n) is 3.41. The van der Waals surface area contributed by atoms with E-state index >= 15 is 0 Å². The van der Waals surface area contributed by atoms with E-state index in [1.165, 1.54) is 31.2 Å². The van der Waals surface area contributed by atoms with Gasteiger partial charge in [-0.25, -0.2) is 9.48 Å². The van der Waals surface area contributed by atoms with Crippen molar-refractivity contribution in [2.45, 2.75) is 32.9 Å². The van der Waals surface area contributed by atoms with E-state index in [2.05, 4.69) is 15.2 Å². The molecule has 1 N–H and O–H groups in total. The lowest BCUT2D eigenvalue weighted by Crippen LogP contribution is -2.18. The van der Waals surface area contributed by atoms with Crippen LogP contribution >= 0.6 is 0 Å². The summed E-state index contributed by atoms with van der Waals surface area (Å²) in [6, 6.07) is 5.68. The zero-order valence-corrected chi connectivity index (χ0v) is 14.3. The highest BCUT2D eigenvalue weighted by Crippen LogP contribution is 2.34. The Morgan fingerprint density at radius 3 is 2.38 bits per heavy atom. The van der Waals surface area contributed by atoms with Crippen molar-refractivity contribution in [2.75, 3.05) is 11.9 Å². The average Bonchev–Trinajstić information content (AvgIpc) is 3.01. The molecule has 1 aromatic carbocycles. The topological polar surface area (TPSA) is 73.2 Å². The fourth-order valence-corrected chi connectivity index (χ4v) is 2.31. The minimum Gasteiger partial charge on any atom is -0.462 e. The van der Waals surface area contributed by atoms with Crippen LogP contribution in [-0.2, 0) is 15.7 Å². The van der Waals surface area contributed by atoms with Crippen LogP contribution < -0.4 is 5.32 Å². The van der Waals surface area contributed by atoms with Crippen molar-refractivity contribution < 1.29 is 27.5 Å². The molecule has 2 aromatic rings. The fraction of sp³-hybridized carbons (Fsp3) is 0.353. The molecule has 0 fully saturated rings. The second-order valence-electron chi connectivity index (χ2n) is 5.38. The summed E-state index contributed by atoms with van der Waals surface area (Å²) in [5, 5.41) is 6.33. The summed E-state index contributed by atoms with van der Waals surface area (Å²) < 4.78 is 45.6. The molecule has 0 saturated heterocycles. The van der Waals surface area contributed by atoms with E-state index in [4.69, 9.17) is 0 Å². The number of amides is 1. The van der Waals surface area contributed by atoms with Crippen molar-refractivity contribution in [1.82, 2.24) is 9.78 Å². The summed E-state index contributed by atoms with van der Waals surface area (Å²) in [5.74, 6) is -1.27. The molecule has 9 heteroatoms. The highest BCUT2D eigenvalue weighted by Gasteiger charge is 2.41. The van der Waals surface area contributed by atoms with Crippen LogP contribution in [0.5, 0.6) is 0 Å². The Hall–Kier alpha value is -2.84. The lowest BCUT2D eigenvalue weighted by atomic mass is 10.2. The zero-order chi connectivity index (χ0) is 19.3. The number of halogens is 3. The molecule has 0 spiro atoms. The number of carbonyl (C=O) groups is 2. The number of benzene rings is 1. The molecule has 0 aliphatic carbocycles. The minimum atomic E-state index is -4.80. The number of nitrogens with zero attached hydrogens (tertiary/aromatic N) is 2. The molecule has 26 heavy (non-hydrogen) atoms. The highest BCUT2D eigenvalue weighted by molar-refractivity contribution is 5.91. The van der Waals surface area contributed by atoms with Crippen molar-refractivity contribution in [3.05, 3.63) is 41.7 Å². The Balaban J connectivity index is 2.36. The van der Waals surface area contributed by atoms with Gasteiger partial charge in [0.25, 0.3) is 0 Å². The SMILES string of the molecule is CCCC(=O)Nc1ccc(-n2ncc(C(=O)OCC)c2C(F)(F)F)cc1. The number of nitrogens with one attached hydrogen (secondary N) is 1. The lowest BCUT2D eigenvalue weighted by Gasteiger charge is -2.13. The van der Waals surface area contributed by atoms with Crippen molar-refractivity contribution in [1.29, 1.82) is 0 Å². The first-order chi connectivity index (χ1) is 12.3. The molecule has 0 aliphatic rings. The number of hydrogen-bond acceptors (Lipinski definition) is 4. The molecule has 0 unspecified atom stereocenters. The normalized spacial score (nSPS) is 11.3. The Morgan fingerprint density at radius 1 is 1.19 bits per heavy atom. The summed E-state index contributed by atoms with van der Waals surface area (Å²) in [6.45, 7) is 3.31. The highest BCUT2D eigenvalue weighted by atomic mass is 19.4. The summed E-state index contributed by atoms with van der Waals surface area (Å²) >= 11 is 0. The molecular formula is C17H18F3N3O3. The van der Waals surface area contributed by atoms with Crippen LogP contribution in [0.1, 0.15) is 42.7 Å². The molecule has 0 atom stereocenters. The van der Waals surface area contributed by atoms with Gasteiger partial charge in [0.1, 0.15) is 5.56 Å². The van der Waals surface area contributed by atoms with E-state index in [0.29, 0.717) is 23.2 Å². The summed E-state index contributed by atoms with van der Waals surface area (Å²) in [6.07, 6.45) is -2.94. The molecule has 0 radical (unpaired) electrons. The Morgan fingerprint density at radius 2 is 1.85 bits per heavy atom. The number of hydrogen-bond donors (Lipinski definition) is 1. The molecule has 1 amide bonds. The number of rotatable bonds is 6. The molecule has 140 valence electrons. The van der Waals surface area contributed by atoms with Crippen molar-refractivity contribution in [3.63, 3.8) is 0 Å². The summed E-state index contributed by atoms with van der Waals surface area (Å²) in [5.41, 5.74) is -1.31. The minimum absolute atomic E-state index is 0.0481. The first kappa shape index (κ1) is 19.5. The maximum Gasteiger partial charge on any atom is 0.434 e. The first-order valence-electron chi connectivity index (χ1n) is 8.00. The predicted octanol–water partition coefficient (Wildman–Crippen LogP) is 3.81. The zero-order valence-electron chi connectivity index (χ0n) is 14.3. The average molecular weight is 369 g/mol. The van der Waals surface area contributed by atoms with Crippen molar-refractivity contribution in [3.8, 4) is 5.69 Å². The Labute approximate surface area is 147 Å². The monoisotopic (exact) mass is 369 g/mol. The van der Waals surface area contributed by atoms with Crippen LogP contribution in [0, 0.1) is 0 Å². The summed E-state index contributed by atoms with van der Waals surface area (Å²) in [4.78, 5) is 23.3. The maximum atomic E-state index is 13.4. The van der Waals surface area contributed by atoms with Gasteiger partial charge in [0.2, 0.25) is 5.91 Å². The maximum absolute atomic E-state index is 13.4. The van der Waals surface area contributed by atoms with Crippen LogP contribution in [0.4, 0.5) is 18.9 Å². The quantitative estimate of drug-likeness (QED) is 0.786. The predicted molar refractivity (Wildman–Crippen MR) is 88.1 cm³/mol. The summed E-state index contributed by atoms with van der Waals surface area (Å²) in [7, 11) is 0. The third kappa shape index (κ3) is 4.41. The third-order valence-corrected chi connectivity index (χ3v) is 3.41. The largest absolute Gasteiger partial charge is 0.462 e. The lowest BCUT2D eigenvalue weighted by molar-refractivity contribution is -0.143. The number of anilines is 1. The smallest absolute Gasteiger partial charge is 0.434 e. The van der Waals surface area contributed by atoms with E-state index in [0.717, 1.165) is 6.20 Å². The van der Waals surface area contributed by atoms with Crippen LogP contribution in [-0.4, -0.2) is 28.3 Å². The Bertz CT molecular complexity index is 783. The van der Waals surface area contributed by atoms with Gasteiger partial charge < -0.3 is 10.1 Å². The molecule has 0 saturated carbocycles. The van der Waals surface area contributed by atoms with Crippen LogP contribution in [0.2, 0.25) is 0 Å². The second-order valence-corrected chi connectivity index (χ2v) is 5.38. The van der Waals surface area contributed by atoms with Crippen LogP contribution in [0.25, 0.3) is 5.69 Å². The van der Waals surface area contributed by atoms with E-state index < -0.39 is 23.4 Å². The van der Waals surface area contributed by atoms with Crippen molar-refractivity contribution in [2.24, 2.45) is 0 Å². The van der Waals surface area contributed by atoms with Crippen LogP contribution in [0.3, 0.4) is 0 Å². The molecule has 6 nitrogen and oxygen atoms in total. The van der Waals surface area contributed by atoms with Gasteiger partial charge in [-0.1, -0.05) is 6.92 Å². The van der Waals surface area contributed by atoms with Gasteiger partial charge in [-0.3, -0.25) is 4.79 Å². The van der Waals surface area contributed by atoms with Gasteiger partial charge in [-0.2, -0.15) is 18.3 Å². The van der Waals surface area contributed by atoms with Crippen LogP contribution in [0.15, 0.2) is 30.5 Å². The molecule has 2 rings (SSSR count). The van der Waals surface area contributed by atoms with Gasteiger partial charge in [0.15, 0.2) is 5.69 Å². The Kier molecular flexibility index (Phi) is 6.01. The molecular weight excluding hydrogens is 351 g/mol. The van der Waals surface area contributed by atoms with E-state index in [9.17, 15) is 22.8 Å². The molecule has 1 aromatic heterocycles. The van der Waals surface area contributed by atoms with Gasteiger partial charge >= 0.3 is 12.1 Å². The second kappa shape index (κ2) is 8.03. The molecule has 0 aliphatic heterocycles. The van der Waals surface area contributed by atoms with E-state index in [-0.39, 0.29) is 18.2 Å². The van der Waals surface area contributed by atoms with Crippen molar-refractivity contribution >= 4 is 17.6 Å². The number of esters is 1. The number of carbonyl (C=O) groups excluding carboxylic acids is 2. The number of ether oxygens (including phenoxy) is 1. The fourth-order valence-electron chi connectivity index (χ4n) is 2.31. The van der Waals surface area contributed by atoms with Gasteiger partial charge in [0, 0.05) is 12.1 Å². The van der Waals surface area contributed by atoms with Gasteiger partial charge in [0.05, 0.1) is 18.5 Å². The first-order valence-corrected chi connectivity index (χ1v) is 8.00. The van der Waals surface area contributed by atoms with E-state index in [1.807, 2.05) is 6.92 Å². The van der Waals surface area contributed by atoms with E-state index in [1.54, 1.807) is 0 Å². The van der Waals surface area contributed by atoms with Gasteiger partial charge in [-0.15, -0.1) is 0 Å². The number of aromatic nitrogens is 2. The number of alkyl halides is 3.